The number of rotatable bonds is 37. The predicted molar refractivity (Wildman–Crippen MR) is 244 cm³/mol. The number of unbranched alkanes of at least 4 members (excludes halogenated alkanes) is 8. The third-order valence-electron chi connectivity index (χ3n) is 8.73. The molecule has 0 aromatic heterocycles. The number of aliphatic hydroxyl groups is 1. The second-order valence-electron chi connectivity index (χ2n) is 15.3. The first kappa shape index (κ1) is 54.2. The van der Waals surface area contributed by atoms with Crippen LogP contribution in [0.4, 0.5) is 0 Å². The van der Waals surface area contributed by atoms with E-state index in [1.807, 2.05) is 27.2 Å². The van der Waals surface area contributed by atoms with E-state index < -0.39 is 20.0 Å². The highest BCUT2D eigenvalue weighted by atomic mass is 31.2. The Hall–Kier alpha value is -2.84. The average molecular weight is 814 g/mol. The number of carbonyl (C=O) groups excluding carboxylic acids is 1. The van der Waals surface area contributed by atoms with Crippen LogP contribution >= 0.6 is 7.82 Å². The van der Waals surface area contributed by atoms with Gasteiger partial charge in [-0.3, -0.25) is 13.8 Å². The minimum atomic E-state index is -4.35. The molecule has 0 bridgehead atoms. The number of aliphatic hydroxyl groups excluding tert-OH is 1. The van der Waals surface area contributed by atoms with E-state index in [1.165, 1.54) is 12.8 Å². The summed E-state index contributed by atoms with van der Waals surface area (Å²) in [5, 5.41) is 13.7. The number of nitrogens with zero attached hydrogens (tertiary/aromatic N) is 1. The van der Waals surface area contributed by atoms with E-state index in [-0.39, 0.29) is 19.1 Å². The van der Waals surface area contributed by atoms with Crippen LogP contribution in [-0.2, 0) is 18.4 Å². The Labute approximate surface area is 349 Å². The Morgan fingerprint density at radius 2 is 1.07 bits per heavy atom. The lowest BCUT2D eigenvalue weighted by molar-refractivity contribution is -0.870. The number of hydrogen-bond acceptors (Lipinski definition) is 5. The summed E-state index contributed by atoms with van der Waals surface area (Å²) in [4.78, 5) is 23.0. The van der Waals surface area contributed by atoms with Crippen LogP contribution in [0.3, 0.4) is 0 Å². The summed E-state index contributed by atoms with van der Waals surface area (Å²) in [5.41, 5.74) is 0. The van der Waals surface area contributed by atoms with Crippen LogP contribution in [0.25, 0.3) is 0 Å². The maximum absolute atomic E-state index is 12.8. The topological polar surface area (TPSA) is 105 Å². The van der Waals surface area contributed by atoms with E-state index in [0.29, 0.717) is 17.4 Å². The van der Waals surface area contributed by atoms with Crippen molar-refractivity contribution in [1.82, 2.24) is 5.32 Å². The first-order valence-electron chi connectivity index (χ1n) is 21.8. The monoisotopic (exact) mass is 814 g/mol. The zero-order valence-electron chi connectivity index (χ0n) is 36.5. The van der Waals surface area contributed by atoms with E-state index in [2.05, 4.69) is 116 Å². The fourth-order valence-corrected chi connectivity index (χ4v) is 5.99. The van der Waals surface area contributed by atoms with Gasteiger partial charge >= 0.3 is 7.82 Å². The lowest BCUT2D eigenvalue weighted by atomic mass is 10.1. The Kier molecular flexibility index (Phi) is 36.7. The Morgan fingerprint density at radius 1 is 0.614 bits per heavy atom. The number of nitrogens with one attached hydrogen (secondary N) is 1. The molecule has 0 rings (SSSR count). The van der Waals surface area contributed by atoms with E-state index in [4.69, 9.17) is 9.05 Å². The summed E-state index contributed by atoms with van der Waals surface area (Å²) in [6, 6.07) is -0.879. The number of amides is 1. The standard InChI is InChI=1S/C48H81N2O6P/c1-6-8-10-12-14-16-17-18-19-20-21-22-23-24-25-26-27-28-29-30-31-32-33-34-36-38-40-42-48(52)49-46(45-56-57(53,54)55-44-43-50(3,4)5)47(51)41-39-37-35-15-13-11-9-7-2/h8,10,13-16,18-19,21-22,24-25,27-28,30-31,39,41,46-47,51H,6-7,9,11-12,17,20,23,26,29,32-38,40,42-45H2,1-5H3,(H-,49,52,53,54)/p+1/b10-8-,15-13+,16-14-,19-18-,22-21-,25-24-,28-27-,31-30-,41-39+. The molecule has 0 radical (unpaired) electrons. The summed E-state index contributed by atoms with van der Waals surface area (Å²) in [6.07, 6.45) is 56.1. The van der Waals surface area contributed by atoms with Crippen LogP contribution in [0, 0.1) is 0 Å². The van der Waals surface area contributed by atoms with Crippen molar-refractivity contribution in [2.45, 2.75) is 148 Å². The summed E-state index contributed by atoms with van der Waals surface area (Å²) in [6.45, 7) is 4.54. The summed E-state index contributed by atoms with van der Waals surface area (Å²) in [5.74, 6) is -0.217. The summed E-state index contributed by atoms with van der Waals surface area (Å²) < 4.78 is 23.4. The SMILES string of the molecule is CC/C=C\C/C=C\C/C=C\C/C=C\C/C=C\C/C=C\C/C=C\CCCCCCCC(=O)NC(COP(=O)(O)OCC[N+](C)(C)C)C(O)/C=C/CC/C=C/CCCC. The first-order chi connectivity index (χ1) is 27.5. The molecular weight excluding hydrogens is 732 g/mol. The third kappa shape index (κ3) is 41.1. The Morgan fingerprint density at radius 3 is 1.61 bits per heavy atom. The lowest BCUT2D eigenvalue weighted by Gasteiger charge is -2.25. The number of phosphoric ester groups is 1. The number of carbonyl (C=O) groups is 1. The Balaban J connectivity index is 4.31. The highest BCUT2D eigenvalue weighted by molar-refractivity contribution is 7.47. The molecule has 1 amide bonds. The summed E-state index contributed by atoms with van der Waals surface area (Å²) >= 11 is 0. The van der Waals surface area contributed by atoms with E-state index in [0.717, 1.165) is 103 Å². The average Bonchev–Trinajstić information content (AvgIpc) is 3.16. The molecule has 3 atom stereocenters. The third-order valence-corrected chi connectivity index (χ3v) is 9.71. The second kappa shape index (κ2) is 38.7. The van der Waals surface area contributed by atoms with Gasteiger partial charge in [0.1, 0.15) is 13.2 Å². The van der Waals surface area contributed by atoms with Crippen LogP contribution in [-0.4, -0.2) is 73.4 Å². The first-order valence-corrected chi connectivity index (χ1v) is 23.3. The molecule has 0 aliphatic heterocycles. The molecule has 0 spiro atoms. The molecular formula is C48H82N2O6P+. The van der Waals surface area contributed by atoms with Crippen molar-refractivity contribution in [3.63, 3.8) is 0 Å². The Bertz CT molecular complexity index is 1290. The van der Waals surface area contributed by atoms with Crippen molar-refractivity contribution in [1.29, 1.82) is 0 Å². The highest BCUT2D eigenvalue weighted by Crippen LogP contribution is 2.43. The largest absolute Gasteiger partial charge is 0.472 e. The molecule has 9 heteroatoms. The predicted octanol–water partition coefficient (Wildman–Crippen LogP) is 12.1. The van der Waals surface area contributed by atoms with Gasteiger partial charge in [0.25, 0.3) is 0 Å². The van der Waals surface area contributed by atoms with Gasteiger partial charge in [0, 0.05) is 6.42 Å². The van der Waals surface area contributed by atoms with E-state index >= 15 is 0 Å². The van der Waals surface area contributed by atoms with Crippen LogP contribution in [0.15, 0.2) is 109 Å². The molecule has 0 saturated heterocycles. The van der Waals surface area contributed by atoms with Gasteiger partial charge < -0.3 is 19.8 Å². The van der Waals surface area contributed by atoms with Crippen molar-refractivity contribution in [2.24, 2.45) is 0 Å². The lowest BCUT2D eigenvalue weighted by Crippen LogP contribution is -2.45. The number of likely N-dealkylation sites (N-methyl/N-ethyl adjacent to an activating group) is 1. The van der Waals surface area contributed by atoms with Gasteiger partial charge in [-0.1, -0.05) is 155 Å². The molecule has 0 saturated carbocycles. The fourth-order valence-electron chi connectivity index (χ4n) is 5.25. The molecule has 3 unspecified atom stereocenters. The maximum Gasteiger partial charge on any atom is 0.472 e. The number of phosphoric acid groups is 1. The number of quaternary nitrogens is 1. The van der Waals surface area contributed by atoms with Crippen molar-refractivity contribution in [3.05, 3.63) is 109 Å². The quantitative estimate of drug-likeness (QED) is 0.0250. The molecule has 0 aliphatic rings. The van der Waals surface area contributed by atoms with Crippen molar-refractivity contribution >= 4 is 13.7 Å². The van der Waals surface area contributed by atoms with Crippen molar-refractivity contribution in [3.8, 4) is 0 Å². The van der Waals surface area contributed by atoms with Gasteiger partial charge in [0.2, 0.25) is 5.91 Å². The molecule has 0 fully saturated rings. The van der Waals surface area contributed by atoms with Gasteiger partial charge in [-0.05, 0) is 83.5 Å². The maximum atomic E-state index is 12.8. The van der Waals surface area contributed by atoms with Crippen LogP contribution in [0.5, 0.6) is 0 Å². The van der Waals surface area contributed by atoms with Gasteiger partial charge in [0.15, 0.2) is 0 Å². The zero-order chi connectivity index (χ0) is 42.1. The molecule has 3 N–H and O–H groups in total. The van der Waals surface area contributed by atoms with Gasteiger partial charge in [-0.15, -0.1) is 0 Å². The molecule has 0 aromatic carbocycles. The van der Waals surface area contributed by atoms with Crippen LogP contribution in [0.2, 0.25) is 0 Å². The molecule has 324 valence electrons. The van der Waals surface area contributed by atoms with Crippen molar-refractivity contribution in [2.75, 3.05) is 40.9 Å². The minimum Gasteiger partial charge on any atom is -0.387 e. The second-order valence-corrected chi connectivity index (χ2v) is 16.8. The summed E-state index contributed by atoms with van der Waals surface area (Å²) in [7, 11) is 1.51. The molecule has 0 aliphatic carbocycles. The van der Waals surface area contributed by atoms with Crippen LogP contribution < -0.4 is 5.32 Å². The molecule has 57 heavy (non-hydrogen) atoms. The normalized spacial score (nSPS) is 15.4. The zero-order valence-corrected chi connectivity index (χ0v) is 37.4. The van der Waals surface area contributed by atoms with Gasteiger partial charge in [-0.2, -0.15) is 0 Å². The van der Waals surface area contributed by atoms with Gasteiger partial charge in [-0.25, -0.2) is 4.57 Å². The highest BCUT2D eigenvalue weighted by Gasteiger charge is 2.27. The van der Waals surface area contributed by atoms with E-state index in [1.54, 1.807) is 6.08 Å². The van der Waals surface area contributed by atoms with Crippen molar-refractivity contribution < 1.29 is 32.9 Å². The minimum absolute atomic E-state index is 0.0448. The molecule has 0 heterocycles. The van der Waals surface area contributed by atoms with Crippen LogP contribution in [0.1, 0.15) is 136 Å². The fraction of sp³-hybridized carbons (Fsp3) is 0.604. The molecule has 0 aromatic rings. The van der Waals surface area contributed by atoms with E-state index in [9.17, 15) is 19.4 Å². The molecule has 8 nitrogen and oxygen atoms in total. The number of hydrogen-bond donors (Lipinski definition) is 3. The smallest absolute Gasteiger partial charge is 0.387 e. The number of allylic oxidation sites excluding steroid dienone is 17. The van der Waals surface area contributed by atoms with Gasteiger partial charge in [0.05, 0.1) is 39.9 Å².